The number of hydrogen-bond acceptors (Lipinski definition) is 3. The van der Waals surface area contributed by atoms with Crippen LogP contribution >= 0.6 is 0 Å². The zero-order chi connectivity index (χ0) is 14.5. The Hall–Kier alpha value is -2.30. The Kier molecular flexibility index (Phi) is 4.19. The molecule has 2 heterocycles. The van der Waals surface area contributed by atoms with Crippen molar-refractivity contribution in [3.63, 3.8) is 0 Å². The minimum atomic E-state index is 0.0207. The molecule has 5 nitrogen and oxygen atoms in total. The van der Waals surface area contributed by atoms with Crippen LogP contribution in [-0.4, -0.2) is 28.5 Å². The minimum absolute atomic E-state index is 0.0207. The summed E-state index contributed by atoms with van der Waals surface area (Å²) in [7, 11) is 0. The maximum Gasteiger partial charge on any atom is 0.251 e. The fourth-order valence-electron chi connectivity index (χ4n) is 2.59. The van der Waals surface area contributed by atoms with E-state index in [1.165, 1.54) is 5.56 Å². The summed E-state index contributed by atoms with van der Waals surface area (Å²) in [6.07, 6.45) is 8.56. The summed E-state index contributed by atoms with van der Waals surface area (Å²) in [5.41, 5.74) is 3.15. The first-order valence-corrected chi connectivity index (χ1v) is 7.44. The van der Waals surface area contributed by atoms with Gasteiger partial charge in [0.2, 0.25) is 0 Å². The van der Waals surface area contributed by atoms with Gasteiger partial charge in [-0.2, -0.15) is 0 Å². The average molecular weight is 284 g/mol. The normalized spacial score (nSPS) is 12.8. The zero-order valence-corrected chi connectivity index (χ0v) is 12.0. The van der Waals surface area contributed by atoms with Gasteiger partial charge in [-0.3, -0.25) is 4.79 Å². The van der Waals surface area contributed by atoms with Crippen LogP contribution < -0.4 is 10.6 Å². The summed E-state index contributed by atoms with van der Waals surface area (Å²) in [6.45, 7) is 2.62. The molecule has 2 N–H and O–H groups in total. The third-order valence-electron chi connectivity index (χ3n) is 3.77. The second-order valence-corrected chi connectivity index (χ2v) is 5.31. The molecule has 1 aromatic carbocycles. The number of carbonyl (C=O) groups excluding carboxylic acids is 1. The molecule has 110 valence electrons. The lowest BCUT2D eigenvalue weighted by atomic mass is 10.1. The number of fused-ring (bicyclic) bond motifs is 1. The molecule has 0 saturated heterocycles. The molecule has 0 saturated carbocycles. The van der Waals surface area contributed by atoms with Crippen LogP contribution in [0.15, 0.2) is 36.9 Å². The summed E-state index contributed by atoms with van der Waals surface area (Å²) in [5.74, 6) is 0.0207. The highest BCUT2D eigenvalue weighted by Crippen LogP contribution is 2.22. The van der Waals surface area contributed by atoms with Crippen LogP contribution in [0.4, 0.5) is 5.69 Å². The molecule has 3 rings (SSSR count). The van der Waals surface area contributed by atoms with Crippen molar-refractivity contribution in [1.82, 2.24) is 14.9 Å². The Bertz CT molecular complexity index is 607. The highest BCUT2D eigenvalue weighted by Gasteiger charge is 2.12. The van der Waals surface area contributed by atoms with Gasteiger partial charge in [-0.15, -0.1) is 0 Å². The first-order valence-electron chi connectivity index (χ1n) is 7.44. The number of hydrogen-bond donors (Lipinski definition) is 2. The molecule has 0 fully saturated rings. The van der Waals surface area contributed by atoms with Gasteiger partial charge in [-0.1, -0.05) is 0 Å². The van der Waals surface area contributed by atoms with E-state index in [9.17, 15) is 4.79 Å². The maximum absolute atomic E-state index is 12.1. The number of benzene rings is 1. The molecular formula is C16H20N4O. The highest BCUT2D eigenvalue weighted by atomic mass is 16.1. The molecule has 1 aliphatic rings. The van der Waals surface area contributed by atoms with Gasteiger partial charge in [0.15, 0.2) is 0 Å². The number of unbranched alkanes of at least 4 members (excludes halogenated alkanes) is 1. The van der Waals surface area contributed by atoms with Gasteiger partial charge >= 0.3 is 0 Å². The topological polar surface area (TPSA) is 59.0 Å². The number of imidazole rings is 1. The molecule has 0 spiro atoms. The first-order chi connectivity index (χ1) is 10.3. The average Bonchev–Trinajstić information content (AvgIpc) is 3.17. The van der Waals surface area contributed by atoms with E-state index >= 15 is 0 Å². The van der Waals surface area contributed by atoms with E-state index in [2.05, 4.69) is 20.2 Å². The number of rotatable bonds is 6. The van der Waals surface area contributed by atoms with Gasteiger partial charge in [0.1, 0.15) is 0 Å². The highest BCUT2D eigenvalue weighted by molar-refractivity contribution is 5.95. The molecule has 0 unspecified atom stereocenters. The third-order valence-corrected chi connectivity index (χ3v) is 3.77. The van der Waals surface area contributed by atoms with Crippen LogP contribution in [0, 0.1) is 0 Å². The van der Waals surface area contributed by atoms with Crippen molar-refractivity contribution in [2.45, 2.75) is 25.8 Å². The van der Waals surface area contributed by atoms with E-state index in [0.717, 1.165) is 43.6 Å². The predicted molar refractivity (Wildman–Crippen MR) is 82.4 cm³/mol. The molecule has 0 bridgehead atoms. The lowest BCUT2D eigenvalue weighted by Crippen LogP contribution is -2.24. The summed E-state index contributed by atoms with van der Waals surface area (Å²) in [4.78, 5) is 16.1. The van der Waals surface area contributed by atoms with Gasteiger partial charge in [-0.25, -0.2) is 4.98 Å². The van der Waals surface area contributed by atoms with Crippen molar-refractivity contribution >= 4 is 11.6 Å². The van der Waals surface area contributed by atoms with E-state index < -0.39 is 0 Å². The quantitative estimate of drug-likeness (QED) is 0.798. The molecule has 0 atom stereocenters. The number of anilines is 1. The summed E-state index contributed by atoms with van der Waals surface area (Å²) >= 11 is 0. The van der Waals surface area contributed by atoms with Crippen LogP contribution in [-0.2, 0) is 13.0 Å². The van der Waals surface area contributed by atoms with Crippen LogP contribution in [0.2, 0.25) is 0 Å². The predicted octanol–water partition coefficient (Wildman–Crippen LogP) is 2.06. The second kappa shape index (κ2) is 6.43. The number of nitrogens with one attached hydrogen (secondary N) is 2. The number of nitrogens with zero attached hydrogens (tertiary/aromatic N) is 2. The first kappa shape index (κ1) is 13.7. The van der Waals surface area contributed by atoms with Gasteiger partial charge in [0.05, 0.1) is 6.33 Å². The standard InChI is InChI=1S/C16H20N4O/c21-16(14-3-4-15-13(11-14)5-7-18-15)19-6-1-2-9-20-10-8-17-12-20/h3-4,8,10-12,18H,1-2,5-7,9H2,(H,19,21). The van der Waals surface area contributed by atoms with Crippen LogP contribution in [0.3, 0.4) is 0 Å². The Balaban J connectivity index is 1.42. The second-order valence-electron chi connectivity index (χ2n) is 5.31. The zero-order valence-electron chi connectivity index (χ0n) is 12.0. The molecule has 5 heteroatoms. The number of carbonyl (C=O) groups is 1. The third kappa shape index (κ3) is 3.42. The number of aryl methyl sites for hydroxylation is 1. The van der Waals surface area contributed by atoms with Gasteiger partial charge in [0, 0.05) is 43.3 Å². The van der Waals surface area contributed by atoms with E-state index in [4.69, 9.17) is 0 Å². The Morgan fingerprint density at radius 3 is 3.19 bits per heavy atom. The Labute approximate surface area is 124 Å². The van der Waals surface area contributed by atoms with E-state index in [-0.39, 0.29) is 5.91 Å². The van der Waals surface area contributed by atoms with Crippen molar-refractivity contribution in [3.05, 3.63) is 48.0 Å². The lowest BCUT2D eigenvalue weighted by Gasteiger charge is -2.07. The molecule has 0 aliphatic carbocycles. The molecule has 1 aliphatic heterocycles. The maximum atomic E-state index is 12.1. The monoisotopic (exact) mass is 284 g/mol. The van der Waals surface area contributed by atoms with Crippen molar-refractivity contribution in [1.29, 1.82) is 0 Å². The minimum Gasteiger partial charge on any atom is -0.384 e. The summed E-state index contributed by atoms with van der Waals surface area (Å²) in [6, 6.07) is 5.88. The van der Waals surface area contributed by atoms with Crippen molar-refractivity contribution < 1.29 is 4.79 Å². The fraction of sp³-hybridized carbons (Fsp3) is 0.375. The lowest BCUT2D eigenvalue weighted by molar-refractivity contribution is 0.0953. The van der Waals surface area contributed by atoms with Gasteiger partial charge in [0.25, 0.3) is 5.91 Å². The van der Waals surface area contributed by atoms with Crippen molar-refractivity contribution in [3.8, 4) is 0 Å². The van der Waals surface area contributed by atoms with E-state index in [1.807, 2.05) is 30.7 Å². The van der Waals surface area contributed by atoms with E-state index in [0.29, 0.717) is 6.54 Å². The largest absolute Gasteiger partial charge is 0.384 e. The van der Waals surface area contributed by atoms with Crippen molar-refractivity contribution in [2.24, 2.45) is 0 Å². The van der Waals surface area contributed by atoms with Crippen LogP contribution in [0.1, 0.15) is 28.8 Å². The van der Waals surface area contributed by atoms with Crippen LogP contribution in [0.25, 0.3) is 0 Å². The number of amides is 1. The smallest absolute Gasteiger partial charge is 0.251 e. The van der Waals surface area contributed by atoms with Crippen LogP contribution in [0.5, 0.6) is 0 Å². The van der Waals surface area contributed by atoms with Gasteiger partial charge < -0.3 is 15.2 Å². The molecule has 1 aromatic heterocycles. The molecule has 2 aromatic rings. The molecule has 21 heavy (non-hydrogen) atoms. The van der Waals surface area contributed by atoms with Crippen molar-refractivity contribution in [2.75, 3.05) is 18.4 Å². The van der Waals surface area contributed by atoms with Gasteiger partial charge in [-0.05, 0) is 43.0 Å². The summed E-state index contributed by atoms with van der Waals surface area (Å²) in [5, 5.41) is 6.29. The Morgan fingerprint density at radius 1 is 1.38 bits per heavy atom. The fourth-order valence-corrected chi connectivity index (χ4v) is 2.59. The van der Waals surface area contributed by atoms with E-state index in [1.54, 1.807) is 6.20 Å². The Morgan fingerprint density at radius 2 is 2.33 bits per heavy atom. The molecule has 0 radical (unpaired) electrons. The SMILES string of the molecule is O=C(NCCCCn1ccnc1)c1ccc2c(c1)CCN2. The number of aromatic nitrogens is 2. The molecular weight excluding hydrogens is 264 g/mol. The molecule has 1 amide bonds. The summed E-state index contributed by atoms with van der Waals surface area (Å²) < 4.78 is 2.05.